The fourth-order valence-corrected chi connectivity index (χ4v) is 2.52. The largest absolute Gasteiger partial charge is 0.492 e. The first-order valence-corrected chi connectivity index (χ1v) is 7.43. The maximum absolute atomic E-state index is 12.0. The average molecular weight is 276 g/mol. The molecule has 2 rings (SSSR count). The Morgan fingerprint density at radius 1 is 1.50 bits per heavy atom. The van der Waals surface area contributed by atoms with Crippen LogP contribution in [0.1, 0.15) is 31.7 Å². The molecular weight excluding hydrogens is 252 g/mol. The van der Waals surface area contributed by atoms with E-state index in [1.807, 2.05) is 32.0 Å². The molecule has 110 valence electrons. The molecule has 1 atom stereocenters. The number of hydrogen-bond acceptors (Lipinski definition) is 3. The highest BCUT2D eigenvalue weighted by atomic mass is 16.5. The lowest BCUT2D eigenvalue weighted by molar-refractivity contribution is -0.116. The van der Waals surface area contributed by atoms with Crippen LogP contribution >= 0.6 is 0 Å². The van der Waals surface area contributed by atoms with Crippen LogP contribution in [0.4, 0.5) is 5.69 Å². The first-order chi connectivity index (χ1) is 9.69. The van der Waals surface area contributed by atoms with E-state index in [2.05, 4.69) is 10.6 Å². The highest BCUT2D eigenvalue weighted by molar-refractivity contribution is 5.92. The zero-order valence-corrected chi connectivity index (χ0v) is 12.4. The molecule has 1 fully saturated rings. The van der Waals surface area contributed by atoms with Crippen LogP contribution in [0.3, 0.4) is 0 Å². The average Bonchev–Trinajstić information content (AvgIpc) is 2.93. The second-order valence-corrected chi connectivity index (χ2v) is 5.38. The normalized spacial score (nSPS) is 18.0. The van der Waals surface area contributed by atoms with Gasteiger partial charge >= 0.3 is 0 Å². The predicted molar refractivity (Wildman–Crippen MR) is 81.2 cm³/mol. The number of benzene rings is 1. The quantitative estimate of drug-likeness (QED) is 0.840. The highest BCUT2D eigenvalue weighted by Gasteiger charge is 2.16. The van der Waals surface area contributed by atoms with Gasteiger partial charge in [0.15, 0.2) is 0 Å². The molecule has 0 bridgehead atoms. The van der Waals surface area contributed by atoms with Crippen LogP contribution in [-0.2, 0) is 4.79 Å². The van der Waals surface area contributed by atoms with Gasteiger partial charge in [0.25, 0.3) is 0 Å². The van der Waals surface area contributed by atoms with Gasteiger partial charge in [0.1, 0.15) is 5.75 Å². The summed E-state index contributed by atoms with van der Waals surface area (Å²) < 4.78 is 5.57. The summed E-state index contributed by atoms with van der Waals surface area (Å²) in [5, 5.41) is 6.29. The smallest absolute Gasteiger partial charge is 0.224 e. The molecule has 0 spiro atoms. The van der Waals surface area contributed by atoms with E-state index in [0.29, 0.717) is 18.9 Å². The molecular formula is C16H24N2O2. The Kier molecular flexibility index (Phi) is 5.41. The van der Waals surface area contributed by atoms with Crippen LogP contribution in [0.5, 0.6) is 5.75 Å². The number of nitrogens with one attached hydrogen (secondary N) is 2. The van der Waals surface area contributed by atoms with E-state index in [1.54, 1.807) is 0 Å². The molecule has 0 aliphatic carbocycles. The number of carbonyl (C=O) groups excluding carboxylic acids is 1. The van der Waals surface area contributed by atoms with Gasteiger partial charge in [-0.15, -0.1) is 0 Å². The minimum Gasteiger partial charge on any atom is -0.492 e. The Morgan fingerprint density at radius 2 is 2.35 bits per heavy atom. The Hall–Kier alpha value is -1.55. The van der Waals surface area contributed by atoms with E-state index in [0.717, 1.165) is 36.5 Å². The second kappa shape index (κ2) is 7.29. The van der Waals surface area contributed by atoms with Crippen molar-refractivity contribution >= 4 is 11.6 Å². The molecule has 0 aromatic heterocycles. The van der Waals surface area contributed by atoms with Gasteiger partial charge in [-0.3, -0.25) is 4.79 Å². The molecule has 1 amide bonds. The molecule has 1 aromatic carbocycles. The summed E-state index contributed by atoms with van der Waals surface area (Å²) in [7, 11) is 0. The molecule has 4 nitrogen and oxygen atoms in total. The third kappa shape index (κ3) is 4.23. The first-order valence-electron chi connectivity index (χ1n) is 7.43. The number of hydrogen-bond donors (Lipinski definition) is 2. The molecule has 1 saturated heterocycles. The molecule has 1 heterocycles. The van der Waals surface area contributed by atoms with Crippen LogP contribution in [0.15, 0.2) is 18.2 Å². The van der Waals surface area contributed by atoms with Gasteiger partial charge in [-0.05, 0) is 63.4 Å². The lowest BCUT2D eigenvalue weighted by Crippen LogP contribution is -2.15. The van der Waals surface area contributed by atoms with Crippen LogP contribution < -0.4 is 15.4 Å². The van der Waals surface area contributed by atoms with Gasteiger partial charge < -0.3 is 15.4 Å². The minimum atomic E-state index is 0.0710. The van der Waals surface area contributed by atoms with Crippen molar-refractivity contribution in [3.05, 3.63) is 23.8 Å². The second-order valence-electron chi connectivity index (χ2n) is 5.38. The van der Waals surface area contributed by atoms with E-state index in [1.165, 1.54) is 6.42 Å². The van der Waals surface area contributed by atoms with Gasteiger partial charge in [-0.1, -0.05) is 6.07 Å². The van der Waals surface area contributed by atoms with E-state index in [9.17, 15) is 4.79 Å². The molecule has 1 aliphatic rings. The number of ether oxygens (including phenoxy) is 1. The summed E-state index contributed by atoms with van der Waals surface area (Å²) in [5.41, 5.74) is 1.90. The monoisotopic (exact) mass is 276 g/mol. The number of rotatable bonds is 6. The van der Waals surface area contributed by atoms with E-state index >= 15 is 0 Å². The molecule has 1 aliphatic heterocycles. The van der Waals surface area contributed by atoms with Gasteiger partial charge in [0.2, 0.25) is 5.91 Å². The standard InChI is InChI=1S/C16H24N2O2/c1-3-20-15-10-12(2)4-6-14(15)18-16(19)7-5-13-8-9-17-11-13/h4,6,10,13,17H,3,5,7-9,11H2,1-2H3,(H,18,19). The summed E-state index contributed by atoms with van der Waals surface area (Å²) in [6.07, 6.45) is 2.71. The Bertz CT molecular complexity index is 454. The summed E-state index contributed by atoms with van der Waals surface area (Å²) in [4.78, 5) is 12.0. The Labute approximate surface area is 120 Å². The van der Waals surface area contributed by atoms with Gasteiger partial charge in [-0.25, -0.2) is 0 Å². The van der Waals surface area contributed by atoms with Gasteiger partial charge in [0, 0.05) is 6.42 Å². The first kappa shape index (κ1) is 14.9. The van der Waals surface area contributed by atoms with Gasteiger partial charge in [-0.2, -0.15) is 0 Å². The molecule has 1 aromatic rings. The Balaban J connectivity index is 1.89. The topological polar surface area (TPSA) is 50.4 Å². The maximum Gasteiger partial charge on any atom is 0.224 e. The fourth-order valence-electron chi connectivity index (χ4n) is 2.52. The summed E-state index contributed by atoms with van der Waals surface area (Å²) in [6, 6.07) is 5.86. The molecule has 1 unspecified atom stereocenters. The van der Waals surface area contributed by atoms with Crippen LogP contribution in [0.2, 0.25) is 0 Å². The number of amides is 1. The zero-order chi connectivity index (χ0) is 14.4. The zero-order valence-electron chi connectivity index (χ0n) is 12.4. The summed E-state index contributed by atoms with van der Waals surface area (Å²) in [5.74, 6) is 1.47. The number of aryl methyl sites for hydroxylation is 1. The number of carbonyl (C=O) groups is 1. The minimum absolute atomic E-state index is 0.0710. The summed E-state index contributed by atoms with van der Waals surface area (Å²) in [6.45, 7) is 6.68. The van der Waals surface area contributed by atoms with Gasteiger partial charge in [0.05, 0.1) is 12.3 Å². The van der Waals surface area contributed by atoms with Crippen LogP contribution in [-0.4, -0.2) is 25.6 Å². The van der Waals surface area contributed by atoms with Crippen LogP contribution in [0.25, 0.3) is 0 Å². The van der Waals surface area contributed by atoms with Crippen molar-refractivity contribution in [3.8, 4) is 5.75 Å². The predicted octanol–water partition coefficient (Wildman–Crippen LogP) is 2.72. The van der Waals surface area contributed by atoms with Crippen molar-refractivity contribution in [2.75, 3.05) is 25.0 Å². The van der Waals surface area contributed by atoms with E-state index in [-0.39, 0.29) is 5.91 Å². The van der Waals surface area contributed by atoms with Crippen molar-refractivity contribution in [2.45, 2.75) is 33.1 Å². The summed E-state index contributed by atoms with van der Waals surface area (Å²) >= 11 is 0. The Morgan fingerprint density at radius 3 is 3.05 bits per heavy atom. The van der Waals surface area contributed by atoms with Crippen molar-refractivity contribution in [1.82, 2.24) is 5.32 Å². The maximum atomic E-state index is 12.0. The van der Waals surface area contributed by atoms with Crippen LogP contribution in [0, 0.1) is 12.8 Å². The number of anilines is 1. The molecule has 4 heteroatoms. The SMILES string of the molecule is CCOc1cc(C)ccc1NC(=O)CCC1CCNC1. The molecule has 2 N–H and O–H groups in total. The van der Waals surface area contributed by atoms with E-state index < -0.39 is 0 Å². The van der Waals surface area contributed by atoms with Crippen molar-refractivity contribution in [3.63, 3.8) is 0 Å². The van der Waals surface area contributed by atoms with Crippen molar-refractivity contribution in [1.29, 1.82) is 0 Å². The van der Waals surface area contributed by atoms with E-state index in [4.69, 9.17) is 4.74 Å². The fraction of sp³-hybridized carbons (Fsp3) is 0.562. The van der Waals surface area contributed by atoms with Crippen molar-refractivity contribution < 1.29 is 9.53 Å². The lowest BCUT2D eigenvalue weighted by Gasteiger charge is -2.13. The van der Waals surface area contributed by atoms with Crippen molar-refractivity contribution in [2.24, 2.45) is 5.92 Å². The molecule has 0 radical (unpaired) electrons. The lowest BCUT2D eigenvalue weighted by atomic mass is 10.0. The highest BCUT2D eigenvalue weighted by Crippen LogP contribution is 2.26. The third-order valence-corrected chi connectivity index (χ3v) is 3.65. The third-order valence-electron chi connectivity index (χ3n) is 3.65. The molecule has 20 heavy (non-hydrogen) atoms. The molecule has 0 saturated carbocycles.